The highest BCUT2D eigenvalue weighted by Crippen LogP contribution is 2.36. The standard InChI is InChI=1S/C14H20Cl2N2/c1-2-7-17-9-11-6-8-18(10-11)14-12(15)4-3-5-13(14)16/h3-5,11,17H,2,6-10H2,1H3. The van der Waals surface area contributed by atoms with Crippen LogP contribution in [0.4, 0.5) is 5.69 Å². The summed E-state index contributed by atoms with van der Waals surface area (Å²) in [6, 6.07) is 5.71. The predicted molar refractivity (Wildman–Crippen MR) is 79.9 cm³/mol. The number of para-hydroxylation sites is 1. The van der Waals surface area contributed by atoms with E-state index < -0.39 is 0 Å². The maximum Gasteiger partial charge on any atom is 0.0745 e. The van der Waals surface area contributed by atoms with Gasteiger partial charge in [-0.05, 0) is 44.0 Å². The predicted octanol–water partition coefficient (Wildman–Crippen LogP) is 3.82. The lowest BCUT2D eigenvalue weighted by molar-refractivity contribution is 0.516. The van der Waals surface area contributed by atoms with Crippen molar-refractivity contribution in [2.24, 2.45) is 5.92 Å². The van der Waals surface area contributed by atoms with Gasteiger partial charge in [-0.25, -0.2) is 0 Å². The van der Waals surface area contributed by atoms with E-state index in [9.17, 15) is 0 Å². The molecule has 0 saturated carbocycles. The lowest BCUT2D eigenvalue weighted by Crippen LogP contribution is -2.27. The molecular formula is C14H20Cl2N2. The molecule has 18 heavy (non-hydrogen) atoms. The van der Waals surface area contributed by atoms with Crippen molar-refractivity contribution in [3.05, 3.63) is 28.2 Å². The van der Waals surface area contributed by atoms with Gasteiger partial charge in [0.15, 0.2) is 0 Å². The van der Waals surface area contributed by atoms with Crippen LogP contribution in [0.5, 0.6) is 0 Å². The van der Waals surface area contributed by atoms with Crippen molar-refractivity contribution in [3.63, 3.8) is 0 Å². The van der Waals surface area contributed by atoms with E-state index in [0.29, 0.717) is 5.92 Å². The maximum absolute atomic E-state index is 6.24. The van der Waals surface area contributed by atoms with Crippen LogP contribution in [0.25, 0.3) is 0 Å². The molecule has 4 heteroatoms. The molecule has 1 atom stereocenters. The molecule has 1 fully saturated rings. The Kier molecular flexibility index (Phi) is 5.16. The Labute approximate surface area is 119 Å². The molecule has 1 heterocycles. The second-order valence-corrected chi connectivity index (χ2v) is 5.69. The first-order chi connectivity index (χ1) is 8.72. The first-order valence-corrected chi connectivity index (χ1v) is 7.37. The quantitative estimate of drug-likeness (QED) is 0.828. The molecule has 100 valence electrons. The Morgan fingerprint density at radius 2 is 2.06 bits per heavy atom. The van der Waals surface area contributed by atoms with Crippen LogP contribution in [0.2, 0.25) is 10.0 Å². The van der Waals surface area contributed by atoms with Crippen LogP contribution < -0.4 is 10.2 Å². The summed E-state index contributed by atoms with van der Waals surface area (Å²) in [5.74, 6) is 0.698. The summed E-state index contributed by atoms with van der Waals surface area (Å²) in [4.78, 5) is 2.31. The maximum atomic E-state index is 6.24. The molecule has 1 N–H and O–H groups in total. The smallest absolute Gasteiger partial charge is 0.0745 e. The van der Waals surface area contributed by atoms with Gasteiger partial charge in [-0.1, -0.05) is 36.2 Å². The highest BCUT2D eigenvalue weighted by atomic mass is 35.5. The Hall–Kier alpha value is -0.440. The fourth-order valence-corrected chi connectivity index (χ4v) is 3.11. The fraction of sp³-hybridized carbons (Fsp3) is 0.571. The normalized spacial score (nSPS) is 19.5. The first kappa shape index (κ1) is 14.0. The van der Waals surface area contributed by atoms with Crippen molar-refractivity contribution in [3.8, 4) is 0 Å². The summed E-state index contributed by atoms with van der Waals surface area (Å²) in [7, 11) is 0. The molecule has 1 unspecified atom stereocenters. The number of nitrogens with one attached hydrogen (secondary N) is 1. The zero-order chi connectivity index (χ0) is 13.0. The third-order valence-electron chi connectivity index (χ3n) is 3.40. The summed E-state index contributed by atoms with van der Waals surface area (Å²) in [6.45, 7) is 6.47. The molecule has 0 aromatic heterocycles. The highest BCUT2D eigenvalue weighted by Gasteiger charge is 2.25. The van der Waals surface area contributed by atoms with Gasteiger partial charge in [0.05, 0.1) is 15.7 Å². The third-order valence-corrected chi connectivity index (χ3v) is 4.01. The molecule has 2 nitrogen and oxygen atoms in total. The molecule has 0 radical (unpaired) electrons. The van der Waals surface area contributed by atoms with Gasteiger partial charge < -0.3 is 10.2 Å². The van der Waals surface area contributed by atoms with Gasteiger partial charge in [0.25, 0.3) is 0 Å². The van der Waals surface area contributed by atoms with Crippen LogP contribution in [0.3, 0.4) is 0 Å². The summed E-state index contributed by atoms with van der Waals surface area (Å²) in [6.07, 6.45) is 2.39. The minimum Gasteiger partial charge on any atom is -0.369 e. The summed E-state index contributed by atoms with van der Waals surface area (Å²) >= 11 is 12.5. The van der Waals surface area contributed by atoms with E-state index in [1.54, 1.807) is 0 Å². The van der Waals surface area contributed by atoms with Crippen molar-refractivity contribution in [2.45, 2.75) is 19.8 Å². The third kappa shape index (κ3) is 3.31. The van der Waals surface area contributed by atoms with Crippen LogP contribution in [0.1, 0.15) is 19.8 Å². The molecular weight excluding hydrogens is 267 g/mol. The van der Waals surface area contributed by atoms with Crippen LogP contribution >= 0.6 is 23.2 Å². The molecule has 2 rings (SSSR count). The van der Waals surface area contributed by atoms with Gasteiger partial charge in [0.1, 0.15) is 0 Å². The van der Waals surface area contributed by atoms with E-state index in [-0.39, 0.29) is 0 Å². The van der Waals surface area contributed by atoms with Gasteiger partial charge in [-0.2, -0.15) is 0 Å². The van der Waals surface area contributed by atoms with Gasteiger partial charge in [-0.15, -0.1) is 0 Å². The Balaban J connectivity index is 1.96. The number of rotatable bonds is 5. The minimum atomic E-state index is 0.698. The van der Waals surface area contributed by atoms with E-state index >= 15 is 0 Å². The average Bonchev–Trinajstić information content (AvgIpc) is 2.78. The highest BCUT2D eigenvalue weighted by molar-refractivity contribution is 6.39. The van der Waals surface area contributed by atoms with Gasteiger partial charge in [0.2, 0.25) is 0 Å². The lowest BCUT2D eigenvalue weighted by atomic mass is 10.1. The molecule has 1 aliphatic rings. The first-order valence-electron chi connectivity index (χ1n) is 6.62. The summed E-state index contributed by atoms with van der Waals surface area (Å²) in [5, 5.41) is 4.99. The van der Waals surface area contributed by atoms with E-state index in [4.69, 9.17) is 23.2 Å². The van der Waals surface area contributed by atoms with Gasteiger partial charge in [-0.3, -0.25) is 0 Å². The van der Waals surface area contributed by atoms with Gasteiger partial charge in [0, 0.05) is 13.1 Å². The Morgan fingerprint density at radius 3 is 2.72 bits per heavy atom. The molecule has 1 aromatic rings. The number of hydrogen-bond donors (Lipinski definition) is 1. The van der Waals surface area contributed by atoms with E-state index in [1.807, 2.05) is 18.2 Å². The number of hydrogen-bond acceptors (Lipinski definition) is 2. The topological polar surface area (TPSA) is 15.3 Å². The van der Waals surface area contributed by atoms with Crippen molar-refractivity contribution in [1.82, 2.24) is 5.32 Å². The number of halogens is 2. The monoisotopic (exact) mass is 286 g/mol. The number of nitrogens with zero attached hydrogens (tertiary/aromatic N) is 1. The van der Waals surface area contributed by atoms with Crippen molar-refractivity contribution in [1.29, 1.82) is 0 Å². The average molecular weight is 287 g/mol. The molecule has 0 aliphatic carbocycles. The molecule has 1 aromatic carbocycles. The van der Waals surface area contributed by atoms with Crippen LogP contribution in [-0.4, -0.2) is 26.2 Å². The zero-order valence-corrected chi connectivity index (χ0v) is 12.3. The molecule has 1 aliphatic heterocycles. The van der Waals surface area contributed by atoms with Gasteiger partial charge >= 0.3 is 0 Å². The zero-order valence-electron chi connectivity index (χ0n) is 10.8. The van der Waals surface area contributed by atoms with Crippen molar-refractivity contribution < 1.29 is 0 Å². The Bertz CT molecular complexity index is 375. The summed E-state index contributed by atoms with van der Waals surface area (Å²) < 4.78 is 0. The largest absolute Gasteiger partial charge is 0.369 e. The second-order valence-electron chi connectivity index (χ2n) is 4.88. The second kappa shape index (κ2) is 6.65. The molecule has 0 bridgehead atoms. The van der Waals surface area contributed by atoms with E-state index in [0.717, 1.165) is 41.9 Å². The molecule has 1 saturated heterocycles. The SMILES string of the molecule is CCCNCC1CCN(c2c(Cl)cccc2Cl)C1. The van der Waals surface area contributed by atoms with Crippen LogP contribution in [0, 0.1) is 5.92 Å². The van der Waals surface area contributed by atoms with Crippen molar-refractivity contribution in [2.75, 3.05) is 31.1 Å². The van der Waals surface area contributed by atoms with Crippen LogP contribution in [0.15, 0.2) is 18.2 Å². The van der Waals surface area contributed by atoms with Crippen LogP contribution in [-0.2, 0) is 0 Å². The van der Waals surface area contributed by atoms with E-state index in [1.165, 1.54) is 12.8 Å². The fourth-order valence-electron chi connectivity index (χ4n) is 2.48. The molecule has 0 amide bonds. The molecule has 0 spiro atoms. The number of anilines is 1. The minimum absolute atomic E-state index is 0.698. The lowest BCUT2D eigenvalue weighted by Gasteiger charge is -2.21. The Morgan fingerprint density at radius 1 is 1.33 bits per heavy atom. The number of benzene rings is 1. The van der Waals surface area contributed by atoms with Crippen molar-refractivity contribution >= 4 is 28.9 Å². The summed E-state index contributed by atoms with van der Waals surface area (Å²) in [5.41, 5.74) is 0.999. The van der Waals surface area contributed by atoms with E-state index in [2.05, 4.69) is 17.1 Å².